The largest absolute Gasteiger partial charge is 0.482 e. The molecule has 1 aliphatic carbocycles. The van der Waals surface area contributed by atoms with Crippen LogP contribution in [0.2, 0.25) is 0 Å². The van der Waals surface area contributed by atoms with Gasteiger partial charge >= 0.3 is 0 Å². The summed E-state index contributed by atoms with van der Waals surface area (Å²) in [6, 6.07) is 4.22. The van der Waals surface area contributed by atoms with Crippen LogP contribution in [0.1, 0.15) is 31.2 Å². The summed E-state index contributed by atoms with van der Waals surface area (Å²) in [6.07, 6.45) is 2.24. The first-order chi connectivity index (χ1) is 9.65. The minimum absolute atomic E-state index is 0.0611. The number of ether oxygens (including phenoxy) is 1. The van der Waals surface area contributed by atoms with Crippen molar-refractivity contribution < 1.29 is 9.53 Å². The summed E-state index contributed by atoms with van der Waals surface area (Å²) in [6.45, 7) is 5.43. The van der Waals surface area contributed by atoms with Crippen LogP contribution in [0.15, 0.2) is 12.1 Å². The maximum atomic E-state index is 12.1. The quantitative estimate of drug-likeness (QED) is 0.820. The maximum Gasteiger partial charge on any atom is 0.260 e. The highest BCUT2D eigenvalue weighted by molar-refractivity contribution is 5.78. The molecule has 2 rings (SSSR count). The number of likely N-dealkylation sites (N-methyl/N-ethyl adjacent to an activating group) is 1. The molecule has 5 heteroatoms. The van der Waals surface area contributed by atoms with Gasteiger partial charge in [0.1, 0.15) is 5.75 Å². The van der Waals surface area contributed by atoms with Crippen LogP contribution in [0.4, 0.5) is 0 Å². The molecule has 0 aliphatic heterocycles. The van der Waals surface area contributed by atoms with Crippen molar-refractivity contribution in [2.24, 2.45) is 0 Å². The first kappa shape index (κ1) is 14.8. The Morgan fingerprint density at radius 1 is 1.50 bits per heavy atom. The zero-order valence-electron chi connectivity index (χ0n) is 12.5. The average Bonchev–Trinajstić information content (AvgIpc) is 3.24. The normalized spacial score (nSPS) is 14.2. The summed E-state index contributed by atoms with van der Waals surface area (Å²) in [7, 11) is 1.87. The summed E-state index contributed by atoms with van der Waals surface area (Å²) in [5, 5.41) is 3.06. The lowest BCUT2D eigenvalue weighted by Crippen LogP contribution is -2.36. The van der Waals surface area contributed by atoms with Crippen LogP contribution in [-0.2, 0) is 11.3 Å². The summed E-state index contributed by atoms with van der Waals surface area (Å²) in [5.74, 6) is 0.746. The summed E-state index contributed by atoms with van der Waals surface area (Å²) in [5.41, 5.74) is 1.79. The van der Waals surface area contributed by atoms with E-state index in [-0.39, 0.29) is 12.5 Å². The smallest absolute Gasteiger partial charge is 0.260 e. The third kappa shape index (κ3) is 3.70. The minimum atomic E-state index is 0.0611. The van der Waals surface area contributed by atoms with Gasteiger partial charge in [0.25, 0.3) is 5.91 Å². The Morgan fingerprint density at radius 2 is 2.25 bits per heavy atom. The Balaban J connectivity index is 1.97. The number of hydrogen-bond acceptors (Lipinski definition) is 4. The van der Waals surface area contributed by atoms with E-state index in [1.54, 1.807) is 0 Å². The Morgan fingerprint density at radius 3 is 2.85 bits per heavy atom. The van der Waals surface area contributed by atoms with Gasteiger partial charge in [-0.25, -0.2) is 0 Å². The molecule has 20 heavy (non-hydrogen) atoms. The van der Waals surface area contributed by atoms with Crippen molar-refractivity contribution in [3.05, 3.63) is 23.5 Å². The van der Waals surface area contributed by atoms with Crippen molar-refractivity contribution in [2.75, 3.05) is 20.2 Å². The van der Waals surface area contributed by atoms with Crippen molar-refractivity contribution in [2.45, 2.75) is 39.3 Å². The van der Waals surface area contributed by atoms with Gasteiger partial charge in [-0.15, -0.1) is 0 Å². The Hall–Kier alpha value is -1.62. The molecule has 1 aliphatic rings. The molecular formula is C15H23N3O2. The van der Waals surface area contributed by atoms with Gasteiger partial charge in [-0.05, 0) is 45.9 Å². The monoisotopic (exact) mass is 277 g/mol. The van der Waals surface area contributed by atoms with Crippen LogP contribution >= 0.6 is 0 Å². The molecule has 0 bridgehead atoms. The van der Waals surface area contributed by atoms with Crippen LogP contribution in [0.3, 0.4) is 0 Å². The molecule has 1 saturated carbocycles. The van der Waals surface area contributed by atoms with Gasteiger partial charge in [0.15, 0.2) is 6.61 Å². The van der Waals surface area contributed by atoms with E-state index >= 15 is 0 Å². The number of carbonyl (C=O) groups excluding carboxylic acids is 1. The van der Waals surface area contributed by atoms with Gasteiger partial charge in [-0.1, -0.05) is 0 Å². The summed E-state index contributed by atoms with van der Waals surface area (Å²) >= 11 is 0. The number of aromatic nitrogens is 1. The van der Waals surface area contributed by atoms with Gasteiger partial charge in [-0.2, -0.15) is 0 Å². The molecule has 0 aromatic carbocycles. The van der Waals surface area contributed by atoms with Gasteiger partial charge in [-0.3, -0.25) is 9.78 Å². The molecule has 1 fully saturated rings. The lowest BCUT2D eigenvalue weighted by Gasteiger charge is -2.20. The molecule has 1 heterocycles. The number of rotatable bonds is 7. The number of nitrogens with one attached hydrogen (secondary N) is 1. The maximum absolute atomic E-state index is 12.1. The molecule has 0 radical (unpaired) electrons. The number of hydrogen-bond donors (Lipinski definition) is 1. The second kappa shape index (κ2) is 6.70. The van der Waals surface area contributed by atoms with Crippen molar-refractivity contribution >= 4 is 5.91 Å². The minimum Gasteiger partial charge on any atom is -0.482 e. The van der Waals surface area contributed by atoms with Crippen LogP contribution in [-0.4, -0.2) is 42.0 Å². The molecule has 1 aromatic heterocycles. The molecule has 5 nitrogen and oxygen atoms in total. The number of amides is 1. The van der Waals surface area contributed by atoms with Crippen LogP contribution in [0.5, 0.6) is 5.75 Å². The van der Waals surface area contributed by atoms with E-state index in [2.05, 4.69) is 10.3 Å². The third-order valence-corrected chi connectivity index (χ3v) is 3.42. The fraction of sp³-hybridized carbons (Fsp3) is 0.600. The Labute approximate surface area is 120 Å². The second-order valence-electron chi connectivity index (χ2n) is 5.13. The standard InChI is InChI=1S/C15H23N3O2/c1-4-18(12-6-7-12)15(19)10-20-14-8-5-11(2)17-13(14)9-16-3/h5,8,12,16H,4,6-7,9-10H2,1-3H3. The average molecular weight is 277 g/mol. The SMILES string of the molecule is CCN(C(=O)COc1ccc(C)nc1CNC)C1CC1. The van der Waals surface area contributed by atoms with Gasteiger partial charge in [0.05, 0.1) is 5.69 Å². The molecule has 1 amide bonds. The predicted molar refractivity (Wildman–Crippen MR) is 77.6 cm³/mol. The third-order valence-electron chi connectivity index (χ3n) is 3.42. The highest BCUT2D eigenvalue weighted by Gasteiger charge is 2.31. The number of aryl methyl sites for hydroxylation is 1. The molecule has 0 spiro atoms. The van der Waals surface area contributed by atoms with Crippen LogP contribution in [0.25, 0.3) is 0 Å². The van der Waals surface area contributed by atoms with Crippen LogP contribution in [0, 0.1) is 6.92 Å². The molecular weight excluding hydrogens is 254 g/mol. The van der Waals surface area contributed by atoms with E-state index in [1.165, 1.54) is 0 Å². The van der Waals surface area contributed by atoms with Gasteiger partial charge in [0.2, 0.25) is 0 Å². The number of carbonyl (C=O) groups is 1. The van der Waals surface area contributed by atoms with E-state index in [0.717, 1.165) is 30.8 Å². The second-order valence-corrected chi connectivity index (χ2v) is 5.13. The lowest BCUT2D eigenvalue weighted by molar-refractivity contribution is -0.133. The molecule has 0 atom stereocenters. The summed E-state index contributed by atoms with van der Waals surface area (Å²) < 4.78 is 5.67. The highest BCUT2D eigenvalue weighted by atomic mass is 16.5. The van der Waals surface area contributed by atoms with E-state index in [4.69, 9.17) is 4.74 Å². The van der Waals surface area contributed by atoms with E-state index in [0.29, 0.717) is 18.3 Å². The number of pyridine rings is 1. The van der Waals surface area contributed by atoms with Crippen LogP contribution < -0.4 is 10.1 Å². The van der Waals surface area contributed by atoms with E-state index in [1.807, 2.05) is 37.9 Å². The van der Waals surface area contributed by atoms with Gasteiger partial charge in [0, 0.05) is 24.8 Å². The van der Waals surface area contributed by atoms with E-state index in [9.17, 15) is 4.79 Å². The fourth-order valence-electron chi connectivity index (χ4n) is 2.27. The first-order valence-electron chi connectivity index (χ1n) is 7.19. The zero-order valence-corrected chi connectivity index (χ0v) is 12.5. The van der Waals surface area contributed by atoms with Crippen molar-refractivity contribution in [3.63, 3.8) is 0 Å². The highest BCUT2D eigenvalue weighted by Crippen LogP contribution is 2.26. The Bertz CT molecular complexity index is 472. The van der Waals surface area contributed by atoms with Crippen molar-refractivity contribution in [3.8, 4) is 5.75 Å². The zero-order chi connectivity index (χ0) is 14.5. The lowest BCUT2D eigenvalue weighted by atomic mass is 10.3. The Kier molecular flexibility index (Phi) is 4.95. The first-order valence-corrected chi connectivity index (χ1v) is 7.19. The summed E-state index contributed by atoms with van der Waals surface area (Å²) in [4.78, 5) is 18.5. The molecule has 1 N–H and O–H groups in total. The predicted octanol–water partition coefficient (Wildman–Crippen LogP) is 1.50. The fourth-order valence-corrected chi connectivity index (χ4v) is 2.27. The molecule has 0 unspecified atom stereocenters. The van der Waals surface area contributed by atoms with Gasteiger partial charge < -0.3 is 15.0 Å². The topological polar surface area (TPSA) is 54.5 Å². The van der Waals surface area contributed by atoms with Crippen molar-refractivity contribution in [1.82, 2.24) is 15.2 Å². The molecule has 110 valence electrons. The molecule has 0 saturated heterocycles. The van der Waals surface area contributed by atoms with Crippen molar-refractivity contribution in [1.29, 1.82) is 0 Å². The van der Waals surface area contributed by atoms with E-state index < -0.39 is 0 Å². The number of nitrogens with zero attached hydrogens (tertiary/aromatic N) is 2. The molecule has 1 aromatic rings.